The van der Waals surface area contributed by atoms with Crippen LogP contribution in [-0.4, -0.2) is 24.2 Å². The second-order valence-electron chi connectivity index (χ2n) is 3.53. The largest absolute Gasteiger partial charge is 0.478 e. The van der Waals surface area contributed by atoms with Crippen molar-refractivity contribution in [2.24, 2.45) is 0 Å². The van der Waals surface area contributed by atoms with Gasteiger partial charge in [0.25, 0.3) is 0 Å². The Morgan fingerprint density at radius 1 is 1.37 bits per heavy atom. The molecular formula is C13H10O5S. The first kappa shape index (κ1) is 13.1. The van der Waals surface area contributed by atoms with E-state index in [9.17, 15) is 14.7 Å². The van der Waals surface area contributed by atoms with Gasteiger partial charge in [0.1, 0.15) is 5.76 Å². The molecule has 98 valence electrons. The van der Waals surface area contributed by atoms with Gasteiger partial charge in [-0.05, 0) is 29.7 Å². The summed E-state index contributed by atoms with van der Waals surface area (Å²) in [6.07, 6.45) is 1.38. The number of carboxylic acids is 1. The molecule has 0 aromatic carbocycles. The van der Waals surface area contributed by atoms with Gasteiger partial charge in [-0.3, -0.25) is 0 Å². The Hall–Kier alpha value is -2.34. The van der Waals surface area contributed by atoms with Crippen molar-refractivity contribution in [3.63, 3.8) is 0 Å². The standard InChI is InChI=1S/C13H10O5S/c1-17-13(16)10-5-4-8(18-10)7-9(12(14)15)11-3-2-6-19-11/h2-7H,1H3,(H,14,15)/b9-7-. The molecule has 0 saturated heterocycles. The molecule has 0 atom stereocenters. The lowest BCUT2D eigenvalue weighted by atomic mass is 10.2. The number of thiophene rings is 1. The lowest BCUT2D eigenvalue weighted by molar-refractivity contribution is -0.130. The van der Waals surface area contributed by atoms with Crippen molar-refractivity contribution in [3.8, 4) is 0 Å². The Bertz CT molecular complexity index is 621. The van der Waals surface area contributed by atoms with Crippen molar-refractivity contribution in [1.29, 1.82) is 0 Å². The highest BCUT2D eigenvalue weighted by atomic mass is 32.1. The van der Waals surface area contributed by atoms with Gasteiger partial charge in [-0.1, -0.05) is 6.07 Å². The molecule has 5 nitrogen and oxygen atoms in total. The second-order valence-corrected chi connectivity index (χ2v) is 4.48. The van der Waals surface area contributed by atoms with Gasteiger partial charge in [-0.25, -0.2) is 9.59 Å². The molecule has 0 spiro atoms. The number of aliphatic carboxylic acids is 1. The van der Waals surface area contributed by atoms with Crippen LogP contribution in [0.5, 0.6) is 0 Å². The molecule has 0 bridgehead atoms. The van der Waals surface area contributed by atoms with E-state index in [1.165, 1.54) is 36.7 Å². The summed E-state index contributed by atoms with van der Waals surface area (Å²) in [6.45, 7) is 0. The van der Waals surface area contributed by atoms with Crippen LogP contribution in [0.2, 0.25) is 0 Å². The third-order valence-electron chi connectivity index (χ3n) is 2.32. The van der Waals surface area contributed by atoms with Crippen LogP contribution in [0, 0.1) is 0 Å². The van der Waals surface area contributed by atoms with Gasteiger partial charge in [0.2, 0.25) is 5.76 Å². The fourth-order valence-corrected chi connectivity index (χ4v) is 2.19. The maximum Gasteiger partial charge on any atom is 0.373 e. The first-order valence-corrected chi connectivity index (χ1v) is 6.17. The van der Waals surface area contributed by atoms with E-state index in [2.05, 4.69) is 4.74 Å². The molecule has 2 rings (SSSR count). The SMILES string of the molecule is COC(=O)c1ccc(/C=C(\C(=O)O)c2cccs2)o1. The van der Waals surface area contributed by atoms with Gasteiger partial charge in [0.15, 0.2) is 0 Å². The normalized spacial score (nSPS) is 11.3. The maximum absolute atomic E-state index is 11.2. The molecule has 2 aromatic heterocycles. The number of methoxy groups -OCH3 is 1. The fourth-order valence-electron chi connectivity index (χ4n) is 1.45. The van der Waals surface area contributed by atoms with E-state index in [4.69, 9.17) is 4.42 Å². The maximum atomic E-state index is 11.2. The van der Waals surface area contributed by atoms with Crippen LogP contribution in [0.1, 0.15) is 21.2 Å². The summed E-state index contributed by atoms with van der Waals surface area (Å²) >= 11 is 1.31. The summed E-state index contributed by atoms with van der Waals surface area (Å²) < 4.78 is 9.71. The topological polar surface area (TPSA) is 76.7 Å². The third-order valence-corrected chi connectivity index (χ3v) is 3.22. The van der Waals surface area contributed by atoms with Crippen LogP contribution in [0.4, 0.5) is 0 Å². The van der Waals surface area contributed by atoms with Gasteiger partial charge < -0.3 is 14.3 Å². The number of esters is 1. The zero-order valence-electron chi connectivity index (χ0n) is 9.95. The van der Waals surface area contributed by atoms with E-state index < -0.39 is 11.9 Å². The predicted octanol–water partition coefficient (Wildman–Crippen LogP) is 2.75. The number of carbonyl (C=O) groups is 2. The minimum Gasteiger partial charge on any atom is -0.478 e. The Kier molecular flexibility index (Phi) is 3.82. The van der Waals surface area contributed by atoms with Crippen molar-refractivity contribution in [2.45, 2.75) is 0 Å². The van der Waals surface area contributed by atoms with Gasteiger partial charge >= 0.3 is 11.9 Å². The minimum atomic E-state index is -1.06. The molecule has 0 radical (unpaired) electrons. The quantitative estimate of drug-likeness (QED) is 0.687. The molecule has 2 heterocycles. The Balaban J connectivity index is 2.35. The van der Waals surface area contributed by atoms with E-state index in [0.717, 1.165) is 0 Å². The molecule has 0 aliphatic heterocycles. The molecule has 6 heteroatoms. The smallest absolute Gasteiger partial charge is 0.373 e. The van der Waals surface area contributed by atoms with Crippen LogP contribution >= 0.6 is 11.3 Å². The summed E-state index contributed by atoms with van der Waals surface area (Å²) in [5.41, 5.74) is 0.112. The molecular weight excluding hydrogens is 268 g/mol. The molecule has 0 aliphatic carbocycles. The lowest BCUT2D eigenvalue weighted by Crippen LogP contribution is -1.98. The summed E-state index contributed by atoms with van der Waals surface area (Å²) in [5.74, 6) is -1.35. The minimum absolute atomic E-state index is 0.0321. The van der Waals surface area contributed by atoms with Crippen molar-refractivity contribution < 1.29 is 23.8 Å². The molecule has 0 unspecified atom stereocenters. The molecule has 19 heavy (non-hydrogen) atoms. The zero-order valence-corrected chi connectivity index (χ0v) is 10.8. The predicted molar refractivity (Wildman–Crippen MR) is 69.9 cm³/mol. The summed E-state index contributed by atoms with van der Waals surface area (Å²) in [7, 11) is 1.24. The van der Waals surface area contributed by atoms with Gasteiger partial charge in [-0.2, -0.15) is 0 Å². The van der Waals surface area contributed by atoms with Crippen LogP contribution in [0.15, 0.2) is 34.1 Å². The average molecular weight is 278 g/mol. The van der Waals surface area contributed by atoms with Crippen LogP contribution in [0.3, 0.4) is 0 Å². The highest BCUT2D eigenvalue weighted by Gasteiger charge is 2.14. The van der Waals surface area contributed by atoms with Crippen molar-refractivity contribution >= 4 is 34.9 Å². The van der Waals surface area contributed by atoms with Crippen molar-refractivity contribution in [3.05, 3.63) is 46.0 Å². The monoisotopic (exact) mass is 278 g/mol. The Morgan fingerprint density at radius 3 is 2.74 bits per heavy atom. The fraction of sp³-hybridized carbons (Fsp3) is 0.0769. The van der Waals surface area contributed by atoms with E-state index in [-0.39, 0.29) is 17.1 Å². The number of ether oxygens (including phenoxy) is 1. The summed E-state index contributed by atoms with van der Waals surface area (Å²) in [6, 6.07) is 6.42. The highest BCUT2D eigenvalue weighted by Crippen LogP contribution is 2.24. The van der Waals surface area contributed by atoms with Crippen molar-refractivity contribution in [1.82, 2.24) is 0 Å². The van der Waals surface area contributed by atoms with Crippen LogP contribution < -0.4 is 0 Å². The average Bonchev–Trinajstić information content (AvgIpc) is 3.05. The number of hydrogen-bond donors (Lipinski definition) is 1. The third kappa shape index (κ3) is 2.92. The molecule has 0 saturated carbocycles. The van der Waals surface area contributed by atoms with Crippen LogP contribution in [0.25, 0.3) is 11.6 Å². The van der Waals surface area contributed by atoms with Gasteiger partial charge in [-0.15, -0.1) is 11.3 Å². The number of carbonyl (C=O) groups excluding carboxylic acids is 1. The summed E-state index contributed by atoms with van der Waals surface area (Å²) in [5, 5.41) is 11.0. The number of furan rings is 1. The summed E-state index contributed by atoms with van der Waals surface area (Å²) in [4.78, 5) is 23.0. The van der Waals surface area contributed by atoms with Crippen LogP contribution in [-0.2, 0) is 9.53 Å². The molecule has 2 aromatic rings. The molecule has 1 N–H and O–H groups in total. The van der Waals surface area contributed by atoms with Gasteiger partial charge in [0.05, 0.1) is 12.7 Å². The lowest BCUT2D eigenvalue weighted by Gasteiger charge is -1.97. The molecule has 0 aliphatic rings. The van der Waals surface area contributed by atoms with E-state index in [1.807, 2.05) is 0 Å². The number of hydrogen-bond acceptors (Lipinski definition) is 5. The van der Waals surface area contributed by atoms with Gasteiger partial charge in [0, 0.05) is 4.88 Å². The molecule has 0 fully saturated rings. The van der Waals surface area contributed by atoms with E-state index >= 15 is 0 Å². The van der Waals surface area contributed by atoms with Crippen molar-refractivity contribution in [2.75, 3.05) is 7.11 Å². The highest BCUT2D eigenvalue weighted by molar-refractivity contribution is 7.11. The van der Waals surface area contributed by atoms with E-state index in [0.29, 0.717) is 4.88 Å². The Labute approximate surface area is 112 Å². The Morgan fingerprint density at radius 2 is 2.16 bits per heavy atom. The molecule has 0 amide bonds. The zero-order chi connectivity index (χ0) is 13.8. The first-order valence-electron chi connectivity index (χ1n) is 5.29. The second kappa shape index (κ2) is 5.53. The number of rotatable bonds is 4. The number of carboxylic acid groups (broad SMARTS) is 1. The van der Waals surface area contributed by atoms with E-state index in [1.54, 1.807) is 17.5 Å². The first-order chi connectivity index (χ1) is 9.11.